The number of likely N-dealkylation sites (N-methyl/N-ethyl adjacent to an activating group) is 1. The Hall–Kier alpha value is -3.68. The van der Waals surface area contributed by atoms with Gasteiger partial charge in [0.1, 0.15) is 5.75 Å². The van der Waals surface area contributed by atoms with Crippen molar-refractivity contribution < 1.29 is 39.0 Å². The summed E-state index contributed by atoms with van der Waals surface area (Å²) >= 11 is 0. The molecular formula is C32H41N5O8. The van der Waals surface area contributed by atoms with E-state index in [1.54, 1.807) is 39.2 Å². The molecule has 13 nitrogen and oxygen atoms in total. The van der Waals surface area contributed by atoms with E-state index in [0.29, 0.717) is 16.7 Å². The van der Waals surface area contributed by atoms with Crippen molar-refractivity contribution in [1.29, 1.82) is 0 Å². The van der Waals surface area contributed by atoms with Crippen molar-refractivity contribution in [2.45, 2.75) is 50.2 Å². The number of nitrogens with two attached hydrogens (primary N) is 1. The van der Waals surface area contributed by atoms with E-state index in [4.69, 9.17) is 5.73 Å². The van der Waals surface area contributed by atoms with Gasteiger partial charge < -0.3 is 26.2 Å². The average molecular weight is 624 g/mol. The third kappa shape index (κ3) is 4.61. The lowest BCUT2D eigenvalue weighted by Gasteiger charge is -2.52. The van der Waals surface area contributed by atoms with E-state index in [1.165, 1.54) is 24.2 Å². The number of hydrogen-bond acceptors (Lipinski definition) is 11. The Balaban J connectivity index is 1.35. The van der Waals surface area contributed by atoms with Crippen molar-refractivity contribution in [2.75, 3.05) is 58.0 Å². The van der Waals surface area contributed by atoms with E-state index < -0.39 is 70.1 Å². The lowest BCUT2D eigenvalue weighted by atomic mass is 9.52. The molecule has 4 aliphatic carbocycles. The predicted molar refractivity (Wildman–Crippen MR) is 162 cm³/mol. The number of nitrogens with one attached hydrogen (secondary N) is 1. The maximum Gasteiger partial charge on any atom is 0.238 e. The highest BCUT2D eigenvalue weighted by Crippen LogP contribution is 2.53. The number of Topliss-reactive ketones (excluding diaryl/α,β-unsaturated/α-hetero) is 4. The summed E-state index contributed by atoms with van der Waals surface area (Å²) in [7, 11) is 6.60. The highest BCUT2D eigenvalue weighted by Gasteiger charge is 2.69. The number of amides is 2. The van der Waals surface area contributed by atoms with E-state index in [9.17, 15) is 39.0 Å². The molecule has 6 rings (SSSR count). The van der Waals surface area contributed by atoms with Crippen molar-refractivity contribution in [1.82, 2.24) is 9.80 Å². The smallest absolute Gasteiger partial charge is 0.238 e. The van der Waals surface area contributed by atoms with Crippen LogP contribution in [0.25, 0.3) is 0 Å². The summed E-state index contributed by atoms with van der Waals surface area (Å²) < 4.78 is 0. The Morgan fingerprint density at radius 3 is 2.33 bits per heavy atom. The maximum absolute atomic E-state index is 14.2. The first-order chi connectivity index (χ1) is 21.1. The van der Waals surface area contributed by atoms with Crippen LogP contribution in [0, 0.1) is 29.1 Å². The number of phenolic OH excluding ortho intramolecular Hbond substituents is 1. The zero-order valence-electron chi connectivity index (χ0n) is 26.1. The average Bonchev–Trinajstić information content (AvgIpc) is 3.36. The number of benzene rings is 1. The topological polar surface area (TPSA) is 191 Å². The van der Waals surface area contributed by atoms with Crippen LogP contribution in [0.1, 0.15) is 48.0 Å². The summed E-state index contributed by atoms with van der Waals surface area (Å²) in [6.07, 6.45) is 4.70. The van der Waals surface area contributed by atoms with Crippen LogP contribution < -0.4 is 16.0 Å². The van der Waals surface area contributed by atoms with Crippen molar-refractivity contribution in [3.8, 4) is 5.75 Å². The fourth-order valence-corrected chi connectivity index (χ4v) is 8.79. The number of fused-ring (bicyclic) bond motifs is 3. The van der Waals surface area contributed by atoms with Gasteiger partial charge in [0.2, 0.25) is 11.8 Å². The summed E-state index contributed by atoms with van der Waals surface area (Å²) in [4.78, 5) is 85.7. The Kier molecular flexibility index (Phi) is 7.45. The van der Waals surface area contributed by atoms with Crippen LogP contribution in [-0.2, 0) is 30.4 Å². The van der Waals surface area contributed by atoms with Crippen molar-refractivity contribution >= 4 is 46.3 Å². The lowest BCUT2D eigenvalue weighted by Crippen LogP contribution is -2.74. The van der Waals surface area contributed by atoms with Crippen LogP contribution in [0.3, 0.4) is 0 Å². The number of carbonyl (C=O) groups excluding carboxylic acids is 6. The molecule has 1 aromatic rings. The zero-order chi connectivity index (χ0) is 32.7. The summed E-state index contributed by atoms with van der Waals surface area (Å²) in [5.41, 5.74) is 3.79. The molecule has 242 valence electrons. The largest absolute Gasteiger partial charge is 0.505 e. The fourth-order valence-electron chi connectivity index (χ4n) is 8.79. The molecule has 5 aliphatic rings. The molecule has 1 aromatic carbocycles. The summed E-state index contributed by atoms with van der Waals surface area (Å²) in [5, 5.41) is 26.0. The summed E-state index contributed by atoms with van der Waals surface area (Å²) in [6, 6.07) is 0.437. The summed E-state index contributed by atoms with van der Waals surface area (Å²) in [6.45, 7) is 1.80. The number of carbonyl (C=O) groups is 6. The van der Waals surface area contributed by atoms with Crippen LogP contribution in [0.15, 0.2) is 6.07 Å². The maximum atomic E-state index is 14.2. The number of ketones is 4. The van der Waals surface area contributed by atoms with Gasteiger partial charge in [-0.3, -0.25) is 38.6 Å². The number of phenols is 1. The van der Waals surface area contributed by atoms with Crippen LogP contribution in [0.4, 0.5) is 11.4 Å². The molecule has 1 aliphatic heterocycles. The highest BCUT2D eigenvalue weighted by atomic mass is 16.3. The minimum atomic E-state index is -2.80. The highest BCUT2D eigenvalue weighted by molar-refractivity contribution is 6.32. The molecule has 3 saturated carbocycles. The molecule has 5 N–H and O–H groups in total. The number of aromatic hydroxyl groups is 1. The molecule has 4 fully saturated rings. The zero-order valence-corrected chi connectivity index (χ0v) is 26.1. The Morgan fingerprint density at radius 1 is 1.09 bits per heavy atom. The van der Waals surface area contributed by atoms with Gasteiger partial charge in [0.05, 0.1) is 29.8 Å². The van der Waals surface area contributed by atoms with Gasteiger partial charge in [-0.15, -0.1) is 0 Å². The van der Waals surface area contributed by atoms with Crippen LogP contribution in [-0.4, -0.2) is 114 Å². The van der Waals surface area contributed by atoms with E-state index in [1.807, 2.05) is 0 Å². The first-order valence-corrected chi connectivity index (χ1v) is 15.5. The molecule has 0 bridgehead atoms. The monoisotopic (exact) mass is 623 g/mol. The standard InChI is InChI=1S/C32H41N5O8/c1-35(2)19-12-18(34-20(38)13-37-9-8-31(14-37)6-5-7-31)25(39)22-16(19)10-15-11-17-24(36(3)4)27(41)23(30(33)44)29(43)32(17,45)28(42)21(15)26(22)40/h12,15,17,21,23-24,39,45H,5-11,13-14H2,1-4H3,(H2,33,44)(H,34,38)/t15-,17-,21?,23?,24-,32-/m0/s1. The van der Waals surface area contributed by atoms with Gasteiger partial charge in [-0.25, -0.2) is 0 Å². The van der Waals surface area contributed by atoms with Gasteiger partial charge >= 0.3 is 0 Å². The number of aliphatic hydroxyl groups is 1. The van der Waals surface area contributed by atoms with Gasteiger partial charge in [0, 0.05) is 32.2 Å². The fraction of sp³-hybridized carbons (Fsp3) is 0.625. The molecule has 6 atom stereocenters. The first kappa shape index (κ1) is 31.3. The first-order valence-electron chi connectivity index (χ1n) is 15.5. The molecule has 0 radical (unpaired) electrons. The molecular weight excluding hydrogens is 582 g/mol. The van der Waals surface area contributed by atoms with Crippen molar-refractivity contribution in [3.05, 3.63) is 17.2 Å². The second-order valence-corrected chi connectivity index (χ2v) is 14.2. The summed E-state index contributed by atoms with van der Waals surface area (Å²) in [5.74, 6) is -11.5. The quantitative estimate of drug-likeness (QED) is 0.241. The van der Waals surface area contributed by atoms with Gasteiger partial charge in [-0.2, -0.15) is 0 Å². The third-order valence-corrected chi connectivity index (χ3v) is 11.1. The van der Waals surface area contributed by atoms with Gasteiger partial charge in [0.15, 0.2) is 34.7 Å². The SMILES string of the molecule is CN(C)c1cc(NC(=O)CN2CCC3(CCC3)C2)c(O)c2c1C[C@H]1C[C@H]3[C@H](N(C)C)C(=O)C(C(N)=O)C(=O)[C@@]3(O)C(=O)C1C2=O. The van der Waals surface area contributed by atoms with Crippen LogP contribution in [0.2, 0.25) is 0 Å². The number of hydrogen-bond donors (Lipinski definition) is 4. The predicted octanol–water partition coefficient (Wildman–Crippen LogP) is -0.252. The van der Waals surface area contributed by atoms with Gasteiger partial charge in [0.25, 0.3) is 0 Å². The van der Waals surface area contributed by atoms with E-state index in [0.717, 1.165) is 19.5 Å². The normalized spacial score (nSPS) is 32.2. The minimum absolute atomic E-state index is 0.0208. The third-order valence-electron chi connectivity index (χ3n) is 11.1. The number of nitrogens with zero attached hydrogens (tertiary/aromatic N) is 3. The number of rotatable bonds is 6. The van der Waals surface area contributed by atoms with E-state index >= 15 is 0 Å². The van der Waals surface area contributed by atoms with Gasteiger partial charge in [-0.1, -0.05) is 6.42 Å². The number of likely N-dealkylation sites (tertiary alicyclic amines) is 1. The molecule has 45 heavy (non-hydrogen) atoms. The van der Waals surface area contributed by atoms with E-state index in [2.05, 4.69) is 10.2 Å². The number of anilines is 2. The Bertz CT molecular complexity index is 1530. The molecule has 1 spiro atoms. The second kappa shape index (κ2) is 10.7. The molecule has 2 amide bonds. The van der Waals surface area contributed by atoms with Crippen molar-refractivity contribution in [2.24, 2.45) is 34.8 Å². The van der Waals surface area contributed by atoms with Crippen molar-refractivity contribution in [3.63, 3.8) is 0 Å². The number of primary amides is 1. The second-order valence-electron chi connectivity index (χ2n) is 14.2. The Labute approximate surface area is 261 Å². The van der Waals surface area contributed by atoms with Gasteiger partial charge in [-0.05, 0) is 75.7 Å². The molecule has 1 saturated heterocycles. The molecule has 1 heterocycles. The lowest BCUT2D eigenvalue weighted by molar-refractivity contribution is -0.181. The molecule has 0 aromatic heterocycles. The Morgan fingerprint density at radius 2 is 1.78 bits per heavy atom. The van der Waals surface area contributed by atoms with Crippen LogP contribution >= 0.6 is 0 Å². The minimum Gasteiger partial charge on any atom is -0.505 e. The molecule has 2 unspecified atom stereocenters. The molecule has 13 heteroatoms. The van der Waals surface area contributed by atoms with Crippen LogP contribution in [0.5, 0.6) is 5.75 Å². The van der Waals surface area contributed by atoms with E-state index in [-0.39, 0.29) is 36.5 Å².